The quantitative estimate of drug-likeness (QED) is 0.591. The van der Waals surface area contributed by atoms with Crippen LogP contribution >= 0.6 is 0 Å². The summed E-state index contributed by atoms with van der Waals surface area (Å²) >= 11 is 0. The normalized spacial score (nSPS) is 14.8. The van der Waals surface area contributed by atoms with Gasteiger partial charge in [-0.2, -0.15) is 0 Å². The Kier molecular flexibility index (Phi) is 5.35. The van der Waals surface area contributed by atoms with Gasteiger partial charge in [0.1, 0.15) is 17.3 Å². The van der Waals surface area contributed by atoms with Gasteiger partial charge in [-0.3, -0.25) is 9.69 Å². The van der Waals surface area contributed by atoms with Gasteiger partial charge in [-0.1, -0.05) is 42.5 Å². The Labute approximate surface area is 176 Å². The number of hydrogen-bond acceptors (Lipinski definition) is 4. The molecule has 4 rings (SSSR count). The van der Waals surface area contributed by atoms with Gasteiger partial charge in [0.05, 0.1) is 12.8 Å². The van der Waals surface area contributed by atoms with E-state index in [0.717, 1.165) is 28.3 Å². The molecule has 0 atom stereocenters. The van der Waals surface area contributed by atoms with Crippen LogP contribution in [-0.4, -0.2) is 32.9 Å². The number of anilines is 2. The van der Waals surface area contributed by atoms with Crippen LogP contribution in [0, 0.1) is 0 Å². The average molecular weight is 397 g/mol. The van der Waals surface area contributed by atoms with E-state index in [0.29, 0.717) is 11.5 Å². The van der Waals surface area contributed by atoms with Gasteiger partial charge in [-0.05, 0) is 48.0 Å². The molecule has 0 bridgehead atoms. The largest absolute Gasteiger partial charge is 0.497 e. The molecule has 30 heavy (non-hydrogen) atoms. The lowest BCUT2D eigenvalue weighted by molar-refractivity contribution is -0.113. The third-order valence-electron chi connectivity index (χ3n) is 4.94. The number of amides is 1. The van der Waals surface area contributed by atoms with Gasteiger partial charge >= 0.3 is 0 Å². The van der Waals surface area contributed by atoms with Crippen molar-refractivity contribution in [2.45, 2.75) is 0 Å². The zero-order chi connectivity index (χ0) is 21.1. The Morgan fingerprint density at radius 3 is 2.17 bits per heavy atom. The summed E-state index contributed by atoms with van der Waals surface area (Å²) in [6, 6.07) is 25.2. The predicted molar refractivity (Wildman–Crippen MR) is 122 cm³/mol. The van der Waals surface area contributed by atoms with Gasteiger partial charge in [0.2, 0.25) is 0 Å². The highest BCUT2D eigenvalue weighted by Gasteiger charge is 2.32. The van der Waals surface area contributed by atoms with Crippen molar-refractivity contribution in [3.8, 4) is 5.75 Å². The number of amidine groups is 1. The van der Waals surface area contributed by atoms with Crippen LogP contribution in [0.1, 0.15) is 11.1 Å². The van der Waals surface area contributed by atoms with Crippen LogP contribution in [0.3, 0.4) is 0 Å². The summed E-state index contributed by atoms with van der Waals surface area (Å²) in [6.07, 6.45) is 1.83. The fourth-order valence-electron chi connectivity index (χ4n) is 3.29. The number of ether oxygens (including phenoxy) is 1. The first kappa shape index (κ1) is 19.5. The van der Waals surface area contributed by atoms with Crippen molar-refractivity contribution in [3.63, 3.8) is 0 Å². The van der Waals surface area contributed by atoms with E-state index >= 15 is 0 Å². The summed E-state index contributed by atoms with van der Waals surface area (Å²) < 4.78 is 5.25. The Morgan fingerprint density at radius 2 is 1.57 bits per heavy atom. The molecule has 0 aromatic heterocycles. The monoisotopic (exact) mass is 397 g/mol. The summed E-state index contributed by atoms with van der Waals surface area (Å²) in [7, 11) is 5.61. The molecule has 3 aromatic rings. The van der Waals surface area contributed by atoms with Gasteiger partial charge < -0.3 is 9.64 Å². The highest BCUT2D eigenvalue weighted by molar-refractivity contribution is 6.33. The minimum Gasteiger partial charge on any atom is -0.497 e. The molecule has 5 heteroatoms. The fourth-order valence-corrected chi connectivity index (χ4v) is 3.29. The van der Waals surface area contributed by atoms with Crippen LogP contribution < -0.4 is 14.5 Å². The SMILES string of the molecule is COc1ccc(N2C(=O)/C(=C\c3ccc(N(C)C)cc3)N=C2c2ccccc2)cc1. The van der Waals surface area contributed by atoms with Crippen LogP contribution in [0.2, 0.25) is 0 Å². The third kappa shape index (κ3) is 3.82. The van der Waals surface area contributed by atoms with Gasteiger partial charge in [-0.25, -0.2) is 4.99 Å². The molecule has 0 N–H and O–H groups in total. The Balaban J connectivity index is 1.75. The first-order valence-corrected chi connectivity index (χ1v) is 9.68. The zero-order valence-electron chi connectivity index (χ0n) is 17.2. The molecule has 150 valence electrons. The zero-order valence-corrected chi connectivity index (χ0v) is 17.2. The van der Waals surface area contributed by atoms with E-state index in [-0.39, 0.29) is 5.91 Å². The summed E-state index contributed by atoms with van der Waals surface area (Å²) in [4.78, 5) is 21.7. The lowest BCUT2D eigenvalue weighted by atomic mass is 10.1. The van der Waals surface area contributed by atoms with E-state index in [9.17, 15) is 4.79 Å². The van der Waals surface area contributed by atoms with Crippen LogP contribution in [0.25, 0.3) is 6.08 Å². The first-order chi connectivity index (χ1) is 14.6. The van der Waals surface area contributed by atoms with E-state index in [1.54, 1.807) is 12.0 Å². The molecule has 5 nitrogen and oxygen atoms in total. The smallest absolute Gasteiger partial charge is 0.282 e. The molecule has 0 spiro atoms. The van der Waals surface area contributed by atoms with Crippen molar-refractivity contribution in [1.29, 1.82) is 0 Å². The van der Waals surface area contributed by atoms with E-state index < -0.39 is 0 Å². The van der Waals surface area contributed by atoms with Crippen LogP contribution in [-0.2, 0) is 4.79 Å². The second-order valence-corrected chi connectivity index (χ2v) is 7.16. The number of aliphatic imine (C=N–C) groups is 1. The summed E-state index contributed by atoms with van der Waals surface area (Å²) in [5, 5.41) is 0. The molecule has 0 radical (unpaired) electrons. The highest BCUT2D eigenvalue weighted by atomic mass is 16.5. The fraction of sp³-hybridized carbons (Fsp3) is 0.120. The molecular formula is C25H23N3O2. The molecule has 0 saturated carbocycles. The summed E-state index contributed by atoms with van der Waals surface area (Å²) in [6.45, 7) is 0. The van der Waals surface area contributed by atoms with Gasteiger partial charge in [-0.15, -0.1) is 0 Å². The highest BCUT2D eigenvalue weighted by Crippen LogP contribution is 2.29. The second kappa shape index (κ2) is 8.25. The number of benzene rings is 3. The van der Waals surface area contributed by atoms with Gasteiger partial charge in [0, 0.05) is 25.3 Å². The van der Waals surface area contributed by atoms with Crippen molar-refractivity contribution in [3.05, 3.63) is 95.7 Å². The minimum absolute atomic E-state index is 0.157. The molecule has 1 amide bonds. The number of rotatable bonds is 5. The van der Waals surface area contributed by atoms with Gasteiger partial charge in [0.15, 0.2) is 0 Å². The van der Waals surface area contributed by atoms with Crippen LogP contribution in [0.15, 0.2) is 89.6 Å². The van der Waals surface area contributed by atoms with Crippen molar-refractivity contribution in [2.75, 3.05) is 31.0 Å². The topological polar surface area (TPSA) is 45.1 Å². The van der Waals surface area contributed by atoms with E-state index in [2.05, 4.69) is 0 Å². The maximum Gasteiger partial charge on any atom is 0.282 e. The first-order valence-electron chi connectivity index (χ1n) is 9.68. The molecule has 1 aliphatic rings. The Morgan fingerprint density at radius 1 is 0.900 bits per heavy atom. The number of hydrogen-bond donors (Lipinski definition) is 0. The molecule has 0 saturated heterocycles. The molecular weight excluding hydrogens is 374 g/mol. The number of methoxy groups -OCH3 is 1. The van der Waals surface area contributed by atoms with Gasteiger partial charge in [0.25, 0.3) is 5.91 Å². The van der Waals surface area contributed by atoms with Crippen molar-refractivity contribution in [2.24, 2.45) is 4.99 Å². The van der Waals surface area contributed by atoms with Crippen molar-refractivity contribution >= 4 is 29.2 Å². The lowest BCUT2D eigenvalue weighted by Gasteiger charge is -2.18. The maximum absolute atomic E-state index is 13.3. The predicted octanol–water partition coefficient (Wildman–Crippen LogP) is 4.60. The van der Waals surface area contributed by atoms with Crippen molar-refractivity contribution < 1.29 is 9.53 Å². The van der Waals surface area contributed by atoms with Crippen LogP contribution in [0.4, 0.5) is 11.4 Å². The number of nitrogens with zero attached hydrogens (tertiary/aromatic N) is 3. The standard InChI is InChI=1S/C25H23N3O2/c1-27(2)20-11-9-18(10-12-20)17-23-25(29)28(21-13-15-22(30-3)16-14-21)24(26-23)19-7-5-4-6-8-19/h4-17H,1-3H3/b23-17+. The Hall–Kier alpha value is -3.86. The van der Waals surface area contributed by atoms with Crippen molar-refractivity contribution in [1.82, 2.24) is 0 Å². The maximum atomic E-state index is 13.3. The third-order valence-corrected chi connectivity index (χ3v) is 4.94. The van der Waals surface area contributed by atoms with E-state index in [4.69, 9.17) is 9.73 Å². The van der Waals surface area contributed by atoms with Crippen LogP contribution in [0.5, 0.6) is 5.75 Å². The molecule has 0 unspecified atom stereocenters. The molecule has 1 aliphatic heterocycles. The molecule has 0 fully saturated rings. The second-order valence-electron chi connectivity index (χ2n) is 7.16. The Bertz CT molecular complexity index is 1100. The summed E-state index contributed by atoms with van der Waals surface area (Å²) in [5.41, 5.74) is 4.06. The molecule has 0 aliphatic carbocycles. The molecule has 3 aromatic carbocycles. The van der Waals surface area contributed by atoms with E-state index in [1.165, 1.54) is 0 Å². The average Bonchev–Trinajstić information content (AvgIpc) is 3.10. The number of carbonyl (C=O) groups excluding carboxylic acids is 1. The molecule has 1 heterocycles. The van der Waals surface area contributed by atoms with E-state index in [1.807, 2.05) is 104 Å². The lowest BCUT2D eigenvalue weighted by Crippen LogP contribution is -2.32. The minimum atomic E-state index is -0.157. The number of carbonyl (C=O) groups is 1. The summed E-state index contributed by atoms with van der Waals surface area (Å²) in [5.74, 6) is 1.19.